The number of aromatic nitrogens is 1. The summed E-state index contributed by atoms with van der Waals surface area (Å²) in [7, 11) is 1.58. The molecule has 0 aliphatic rings. The number of methoxy groups -OCH3 is 1. The number of unbranched alkanes of at least 4 members (excludes halogenated alkanes) is 1. The third kappa shape index (κ3) is 4.97. The van der Waals surface area contributed by atoms with E-state index >= 15 is 0 Å². The van der Waals surface area contributed by atoms with Crippen molar-refractivity contribution in [2.45, 2.75) is 32.2 Å². The Hall–Kier alpha value is -1.95. The molecule has 1 aromatic heterocycles. The van der Waals surface area contributed by atoms with E-state index in [0.29, 0.717) is 6.61 Å². The summed E-state index contributed by atoms with van der Waals surface area (Å²) < 4.78 is 5.07. The monoisotopic (exact) mass is 280 g/mol. The molecule has 0 saturated heterocycles. The summed E-state index contributed by atoms with van der Waals surface area (Å²) in [5.74, 6) is -1.54. The smallest absolute Gasteiger partial charge is 0.354 e. The second-order valence-electron chi connectivity index (χ2n) is 4.48. The van der Waals surface area contributed by atoms with E-state index in [4.69, 9.17) is 9.84 Å². The molecule has 2 N–H and O–H groups in total. The molecule has 0 radical (unpaired) electrons. The van der Waals surface area contributed by atoms with E-state index in [1.165, 1.54) is 18.2 Å². The molecule has 0 aliphatic heterocycles. The van der Waals surface area contributed by atoms with Gasteiger partial charge in [0.05, 0.1) is 12.6 Å². The van der Waals surface area contributed by atoms with Crippen molar-refractivity contribution >= 4 is 11.9 Å². The molecule has 1 heterocycles. The molecule has 1 rings (SSSR count). The Balaban J connectivity index is 2.72. The first kappa shape index (κ1) is 16.1. The van der Waals surface area contributed by atoms with E-state index < -0.39 is 5.97 Å². The highest BCUT2D eigenvalue weighted by atomic mass is 16.5. The van der Waals surface area contributed by atoms with Crippen LogP contribution in [0.5, 0.6) is 0 Å². The Morgan fingerprint density at radius 3 is 2.70 bits per heavy atom. The lowest BCUT2D eigenvalue weighted by molar-refractivity contribution is 0.0690. The highest BCUT2D eigenvalue weighted by molar-refractivity contribution is 5.94. The van der Waals surface area contributed by atoms with Crippen LogP contribution in [0.4, 0.5) is 0 Å². The lowest BCUT2D eigenvalue weighted by Crippen LogP contribution is -2.38. The van der Waals surface area contributed by atoms with Gasteiger partial charge in [-0.15, -0.1) is 0 Å². The van der Waals surface area contributed by atoms with E-state index in [2.05, 4.69) is 17.2 Å². The first-order valence-electron chi connectivity index (χ1n) is 6.58. The Bertz CT molecular complexity index is 462. The second kappa shape index (κ2) is 8.27. The van der Waals surface area contributed by atoms with E-state index in [1.807, 2.05) is 0 Å². The number of carboxylic acid groups (broad SMARTS) is 1. The fourth-order valence-electron chi connectivity index (χ4n) is 1.79. The molecular weight excluding hydrogens is 260 g/mol. The number of carbonyl (C=O) groups excluding carboxylic acids is 1. The summed E-state index contributed by atoms with van der Waals surface area (Å²) in [5, 5.41) is 11.7. The average molecular weight is 280 g/mol. The number of aromatic carboxylic acids is 1. The van der Waals surface area contributed by atoms with Gasteiger partial charge in [-0.25, -0.2) is 9.78 Å². The summed E-state index contributed by atoms with van der Waals surface area (Å²) in [6, 6.07) is 4.25. The number of nitrogens with zero attached hydrogens (tertiary/aromatic N) is 1. The SMILES string of the molecule is CCCCC(COC)NC(=O)c1cccc(C(=O)O)n1. The van der Waals surface area contributed by atoms with Crippen LogP contribution in [-0.2, 0) is 4.74 Å². The summed E-state index contributed by atoms with van der Waals surface area (Å²) in [4.78, 5) is 26.7. The molecule has 0 saturated carbocycles. The maximum Gasteiger partial charge on any atom is 0.354 e. The Morgan fingerprint density at radius 2 is 2.10 bits per heavy atom. The zero-order valence-electron chi connectivity index (χ0n) is 11.8. The molecule has 1 amide bonds. The van der Waals surface area contributed by atoms with Gasteiger partial charge in [0.1, 0.15) is 11.4 Å². The van der Waals surface area contributed by atoms with Gasteiger partial charge in [-0.3, -0.25) is 4.79 Å². The largest absolute Gasteiger partial charge is 0.477 e. The molecule has 0 fully saturated rings. The van der Waals surface area contributed by atoms with Gasteiger partial charge in [0.2, 0.25) is 0 Å². The molecule has 0 bridgehead atoms. The normalized spacial score (nSPS) is 11.9. The number of rotatable bonds is 8. The number of amides is 1. The van der Waals surface area contributed by atoms with Gasteiger partial charge in [0, 0.05) is 7.11 Å². The average Bonchev–Trinajstić information content (AvgIpc) is 2.45. The van der Waals surface area contributed by atoms with Crippen molar-refractivity contribution in [2.75, 3.05) is 13.7 Å². The highest BCUT2D eigenvalue weighted by Gasteiger charge is 2.15. The number of hydrogen-bond acceptors (Lipinski definition) is 4. The topological polar surface area (TPSA) is 88.5 Å². The van der Waals surface area contributed by atoms with Gasteiger partial charge >= 0.3 is 5.97 Å². The number of nitrogens with one attached hydrogen (secondary N) is 1. The minimum Gasteiger partial charge on any atom is -0.477 e. The number of ether oxygens (including phenoxy) is 1. The van der Waals surface area contributed by atoms with Crippen molar-refractivity contribution < 1.29 is 19.4 Å². The van der Waals surface area contributed by atoms with Crippen molar-refractivity contribution in [3.05, 3.63) is 29.6 Å². The molecule has 110 valence electrons. The predicted molar refractivity (Wildman–Crippen MR) is 73.9 cm³/mol. The van der Waals surface area contributed by atoms with Crippen LogP contribution in [0, 0.1) is 0 Å². The van der Waals surface area contributed by atoms with Crippen molar-refractivity contribution in [1.29, 1.82) is 0 Å². The second-order valence-corrected chi connectivity index (χ2v) is 4.48. The number of hydrogen-bond donors (Lipinski definition) is 2. The maximum absolute atomic E-state index is 12.0. The third-order valence-corrected chi connectivity index (χ3v) is 2.81. The van der Waals surface area contributed by atoms with Gasteiger partial charge < -0.3 is 15.2 Å². The zero-order chi connectivity index (χ0) is 15.0. The van der Waals surface area contributed by atoms with Crippen LogP contribution in [0.2, 0.25) is 0 Å². The van der Waals surface area contributed by atoms with Crippen molar-refractivity contribution in [3.8, 4) is 0 Å². The van der Waals surface area contributed by atoms with Crippen LogP contribution in [0.25, 0.3) is 0 Å². The van der Waals surface area contributed by atoms with Crippen LogP contribution in [0.15, 0.2) is 18.2 Å². The molecule has 1 unspecified atom stereocenters. The number of carbonyl (C=O) groups is 2. The number of pyridine rings is 1. The van der Waals surface area contributed by atoms with Crippen LogP contribution in [-0.4, -0.2) is 41.7 Å². The first-order chi connectivity index (χ1) is 9.58. The van der Waals surface area contributed by atoms with Crippen molar-refractivity contribution in [1.82, 2.24) is 10.3 Å². The van der Waals surface area contributed by atoms with Crippen LogP contribution in [0.1, 0.15) is 47.2 Å². The minimum absolute atomic E-state index is 0.0947. The van der Waals surface area contributed by atoms with Gasteiger partial charge in [-0.05, 0) is 18.6 Å². The Morgan fingerprint density at radius 1 is 1.40 bits per heavy atom. The van der Waals surface area contributed by atoms with Gasteiger partial charge in [0.25, 0.3) is 5.91 Å². The quantitative estimate of drug-likeness (QED) is 0.757. The molecule has 20 heavy (non-hydrogen) atoms. The molecule has 6 heteroatoms. The summed E-state index contributed by atoms with van der Waals surface area (Å²) in [5.41, 5.74) is -0.0444. The van der Waals surface area contributed by atoms with Crippen LogP contribution >= 0.6 is 0 Å². The summed E-state index contributed by atoms with van der Waals surface area (Å²) >= 11 is 0. The van der Waals surface area contributed by atoms with Crippen molar-refractivity contribution in [3.63, 3.8) is 0 Å². The molecule has 1 aromatic rings. The summed E-state index contributed by atoms with van der Waals surface area (Å²) in [6.07, 6.45) is 2.83. The minimum atomic E-state index is -1.15. The van der Waals surface area contributed by atoms with Crippen molar-refractivity contribution in [2.24, 2.45) is 0 Å². The van der Waals surface area contributed by atoms with Gasteiger partial charge in [-0.1, -0.05) is 25.8 Å². The van der Waals surface area contributed by atoms with E-state index in [9.17, 15) is 9.59 Å². The Kier molecular flexibility index (Phi) is 6.66. The fourth-order valence-corrected chi connectivity index (χ4v) is 1.79. The van der Waals surface area contributed by atoms with Crippen LogP contribution < -0.4 is 5.32 Å². The maximum atomic E-state index is 12.0. The van der Waals surface area contributed by atoms with E-state index in [0.717, 1.165) is 19.3 Å². The third-order valence-electron chi connectivity index (χ3n) is 2.81. The van der Waals surface area contributed by atoms with Crippen LogP contribution in [0.3, 0.4) is 0 Å². The van der Waals surface area contributed by atoms with E-state index in [1.54, 1.807) is 7.11 Å². The molecular formula is C14H20N2O4. The zero-order valence-corrected chi connectivity index (χ0v) is 11.8. The van der Waals surface area contributed by atoms with Gasteiger partial charge in [0.15, 0.2) is 0 Å². The van der Waals surface area contributed by atoms with E-state index in [-0.39, 0.29) is 23.3 Å². The molecule has 0 aliphatic carbocycles. The fraction of sp³-hybridized carbons (Fsp3) is 0.500. The summed E-state index contributed by atoms with van der Waals surface area (Å²) in [6.45, 7) is 2.49. The lowest BCUT2D eigenvalue weighted by atomic mass is 10.1. The predicted octanol–water partition coefficient (Wildman–Crippen LogP) is 1.71. The number of carboxylic acids is 1. The molecule has 1 atom stereocenters. The lowest BCUT2D eigenvalue weighted by Gasteiger charge is -2.17. The molecule has 0 spiro atoms. The standard InChI is InChI=1S/C14H20N2O4/c1-3-4-6-10(9-20-2)15-13(17)11-7-5-8-12(16-11)14(18)19/h5,7-8,10H,3-4,6,9H2,1-2H3,(H,15,17)(H,18,19). The Labute approximate surface area is 118 Å². The molecule has 0 aromatic carbocycles. The first-order valence-corrected chi connectivity index (χ1v) is 6.58. The molecule has 6 nitrogen and oxygen atoms in total. The van der Waals surface area contributed by atoms with Gasteiger partial charge in [-0.2, -0.15) is 0 Å². The highest BCUT2D eigenvalue weighted by Crippen LogP contribution is 2.04.